The third-order valence-corrected chi connectivity index (χ3v) is 5.61. The van der Waals surface area contributed by atoms with E-state index in [9.17, 15) is 35.1 Å². The van der Waals surface area contributed by atoms with E-state index in [4.69, 9.17) is 0 Å². The normalized spacial score (nSPS) is 10.6. The minimum Gasteiger partial charge on any atom is -0.266 e. The van der Waals surface area contributed by atoms with Crippen molar-refractivity contribution in [2.45, 2.75) is 23.6 Å². The largest absolute Gasteiger partial charge is 0.289 e. The number of nitrogens with zero attached hydrogens (tertiary/aromatic N) is 5. The van der Waals surface area contributed by atoms with Gasteiger partial charge in [0.25, 0.3) is 23.0 Å². The summed E-state index contributed by atoms with van der Waals surface area (Å²) in [4.78, 5) is 45.1. The SMILES string of the molecule is Cc1nn(C(=O)c2ccc([N+](=O)[O-])cc2[N+](=O)[O-])c(C)c1Sc1ccc([N+](=O)[O-])cc1. The monoisotopic (exact) mass is 443 g/mol. The molecule has 13 heteroatoms. The summed E-state index contributed by atoms with van der Waals surface area (Å²) in [5.41, 5.74) is -0.734. The molecule has 0 saturated heterocycles. The van der Waals surface area contributed by atoms with Crippen LogP contribution in [-0.2, 0) is 0 Å². The molecule has 0 unspecified atom stereocenters. The lowest BCUT2D eigenvalue weighted by atomic mass is 10.1. The summed E-state index contributed by atoms with van der Waals surface area (Å²) >= 11 is 1.23. The Hall–Kier alpha value is -4.13. The molecule has 3 aromatic rings. The molecule has 0 saturated carbocycles. The number of aryl methyl sites for hydroxylation is 1. The van der Waals surface area contributed by atoms with Gasteiger partial charge in [0.15, 0.2) is 0 Å². The van der Waals surface area contributed by atoms with Crippen molar-refractivity contribution < 1.29 is 19.6 Å². The van der Waals surface area contributed by atoms with E-state index in [1.807, 2.05) is 0 Å². The molecule has 0 amide bonds. The number of nitro groups is 3. The van der Waals surface area contributed by atoms with Crippen LogP contribution in [0.1, 0.15) is 21.7 Å². The number of rotatable bonds is 6. The van der Waals surface area contributed by atoms with Crippen molar-refractivity contribution in [3.8, 4) is 0 Å². The lowest BCUT2D eigenvalue weighted by Crippen LogP contribution is -2.17. The highest BCUT2D eigenvalue weighted by Crippen LogP contribution is 2.34. The van der Waals surface area contributed by atoms with Crippen LogP contribution in [0.4, 0.5) is 17.1 Å². The molecule has 0 N–H and O–H groups in total. The maximum atomic E-state index is 13.0. The highest BCUT2D eigenvalue weighted by atomic mass is 32.2. The standard InChI is InChI=1S/C18H13N5O7S/c1-10-17(31-14-6-3-12(4-7-14)21(25)26)11(2)20(19-10)18(24)15-8-5-13(22(27)28)9-16(15)23(29)30/h3-9H,1-2H3. The number of nitro benzene ring substituents is 3. The molecule has 12 nitrogen and oxygen atoms in total. The first kappa shape index (κ1) is 21.6. The van der Waals surface area contributed by atoms with E-state index in [0.29, 0.717) is 21.2 Å². The van der Waals surface area contributed by atoms with Crippen molar-refractivity contribution in [2.75, 3.05) is 0 Å². The highest BCUT2D eigenvalue weighted by molar-refractivity contribution is 7.99. The van der Waals surface area contributed by atoms with Crippen molar-refractivity contribution in [3.63, 3.8) is 0 Å². The fraction of sp³-hybridized carbons (Fsp3) is 0.111. The molecule has 0 bridgehead atoms. The Morgan fingerprint density at radius 1 is 0.903 bits per heavy atom. The van der Waals surface area contributed by atoms with Crippen molar-refractivity contribution in [1.29, 1.82) is 0 Å². The van der Waals surface area contributed by atoms with Gasteiger partial charge < -0.3 is 0 Å². The zero-order chi connectivity index (χ0) is 22.9. The van der Waals surface area contributed by atoms with Crippen LogP contribution in [0.15, 0.2) is 52.3 Å². The van der Waals surface area contributed by atoms with Crippen LogP contribution in [0.2, 0.25) is 0 Å². The molecule has 1 heterocycles. The summed E-state index contributed by atoms with van der Waals surface area (Å²) in [5, 5.41) is 37.2. The van der Waals surface area contributed by atoms with E-state index >= 15 is 0 Å². The number of aromatic nitrogens is 2. The lowest BCUT2D eigenvalue weighted by molar-refractivity contribution is -0.394. The molecule has 3 rings (SSSR count). The Bertz CT molecular complexity index is 1240. The first-order chi connectivity index (χ1) is 14.6. The molecular formula is C18H13N5O7S. The van der Waals surface area contributed by atoms with Crippen LogP contribution in [0.25, 0.3) is 0 Å². The summed E-state index contributed by atoms with van der Waals surface area (Å²) < 4.78 is 0.997. The predicted molar refractivity (Wildman–Crippen MR) is 108 cm³/mol. The summed E-state index contributed by atoms with van der Waals surface area (Å²) in [6.07, 6.45) is 0. The maximum absolute atomic E-state index is 13.0. The number of benzene rings is 2. The zero-order valence-corrected chi connectivity index (χ0v) is 16.9. The quantitative estimate of drug-likeness (QED) is 0.403. The van der Waals surface area contributed by atoms with E-state index in [1.54, 1.807) is 26.0 Å². The fourth-order valence-corrected chi connectivity index (χ4v) is 3.74. The van der Waals surface area contributed by atoms with Gasteiger partial charge in [0.05, 0.1) is 37.1 Å². The van der Waals surface area contributed by atoms with E-state index < -0.39 is 32.1 Å². The van der Waals surface area contributed by atoms with Gasteiger partial charge in [-0.15, -0.1) is 0 Å². The van der Waals surface area contributed by atoms with Crippen molar-refractivity contribution in [2.24, 2.45) is 0 Å². The molecule has 0 aliphatic heterocycles. The Balaban J connectivity index is 1.98. The summed E-state index contributed by atoms with van der Waals surface area (Å²) in [6, 6.07) is 8.58. The van der Waals surface area contributed by atoms with Gasteiger partial charge in [0.2, 0.25) is 0 Å². The average molecular weight is 443 g/mol. The second-order valence-electron chi connectivity index (χ2n) is 6.29. The molecule has 0 spiro atoms. The highest BCUT2D eigenvalue weighted by Gasteiger charge is 2.27. The molecule has 0 aliphatic carbocycles. The second kappa shape index (κ2) is 8.31. The van der Waals surface area contributed by atoms with Gasteiger partial charge in [-0.25, -0.2) is 0 Å². The topological polar surface area (TPSA) is 164 Å². The van der Waals surface area contributed by atoms with Gasteiger partial charge in [0, 0.05) is 23.1 Å². The van der Waals surface area contributed by atoms with Gasteiger partial charge in [-0.3, -0.25) is 35.1 Å². The number of carbonyl (C=O) groups is 1. The molecule has 0 atom stereocenters. The predicted octanol–water partition coefficient (Wildman–Crippen LogP) is 4.06. The molecule has 0 aliphatic rings. The second-order valence-corrected chi connectivity index (χ2v) is 7.37. The van der Waals surface area contributed by atoms with Crippen molar-refractivity contribution in [3.05, 3.63) is 89.8 Å². The minimum atomic E-state index is -0.863. The fourth-order valence-electron chi connectivity index (χ4n) is 2.81. The molecule has 2 aromatic carbocycles. The number of hydrogen-bond donors (Lipinski definition) is 0. The van der Waals surface area contributed by atoms with E-state index in [0.717, 1.165) is 22.9 Å². The summed E-state index contributed by atoms with van der Waals surface area (Å²) in [5.74, 6) is -0.808. The number of non-ortho nitro benzene ring substituents is 2. The Labute approximate surface area is 177 Å². The van der Waals surface area contributed by atoms with Crippen molar-refractivity contribution >= 4 is 34.7 Å². The number of carbonyl (C=O) groups excluding carboxylic acids is 1. The van der Waals surface area contributed by atoms with Crippen LogP contribution >= 0.6 is 11.8 Å². The van der Waals surface area contributed by atoms with Gasteiger partial charge in [0.1, 0.15) is 5.56 Å². The average Bonchev–Trinajstić information content (AvgIpc) is 3.01. The van der Waals surface area contributed by atoms with E-state index in [-0.39, 0.29) is 11.3 Å². The van der Waals surface area contributed by atoms with E-state index in [2.05, 4.69) is 5.10 Å². The molecule has 31 heavy (non-hydrogen) atoms. The van der Waals surface area contributed by atoms with Gasteiger partial charge in [-0.1, -0.05) is 11.8 Å². The molecule has 0 radical (unpaired) electrons. The zero-order valence-electron chi connectivity index (χ0n) is 16.0. The van der Waals surface area contributed by atoms with Crippen LogP contribution in [-0.4, -0.2) is 30.5 Å². The Morgan fingerprint density at radius 3 is 2.03 bits per heavy atom. The van der Waals surface area contributed by atoms with Crippen LogP contribution in [0.5, 0.6) is 0 Å². The molecule has 1 aromatic heterocycles. The summed E-state index contributed by atoms with van der Waals surface area (Å²) in [6.45, 7) is 3.25. The third-order valence-electron chi connectivity index (χ3n) is 4.30. The van der Waals surface area contributed by atoms with E-state index in [1.165, 1.54) is 23.9 Å². The smallest absolute Gasteiger partial charge is 0.266 e. The third kappa shape index (κ3) is 4.25. The van der Waals surface area contributed by atoms with Gasteiger partial charge in [-0.2, -0.15) is 9.78 Å². The molecular weight excluding hydrogens is 430 g/mol. The molecule has 158 valence electrons. The Kier molecular flexibility index (Phi) is 5.79. The minimum absolute atomic E-state index is 0.0610. The van der Waals surface area contributed by atoms with Crippen LogP contribution in [0, 0.1) is 44.2 Å². The van der Waals surface area contributed by atoms with Crippen molar-refractivity contribution in [1.82, 2.24) is 9.78 Å². The Morgan fingerprint density at radius 2 is 1.48 bits per heavy atom. The lowest BCUT2D eigenvalue weighted by Gasteiger charge is -2.05. The maximum Gasteiger partial charge on any atom is 0.289 e. The van der Waals surface area contributed by atoms with Crippen LogP contribution in [0.3, 0.4) is 0 Å². The molecule has 0 fully saturated rings. The first-order valence-corrected chi connectivity index (χ1v) is 9.38. The van der Waals surface area contributed by atoms with Crippen LogP contribution < -0.4 is 0 Å². The summed E-state index contributed by atoms with van der Waals surface area (Å²) in [7, 11) is 0. The van der Waals surface area contributed by atoms with Gasteiger partial charge in [-0.05, 0) is 32.0 Å². The first-order valence-electron chi connectivity index (χ1n) is 8.56. The van der Waals surface area contributed by atoms with Gasteiger partial charge >= 0.3 is 0 Å². The number of hydrogen-bond acceptors (Lipinski definition) is 9.